The summed E-state index contributed by atoms with van der Waals surface area (Å²) in [6, 6.07) is 11.2. The molecule has 0 spiro atoms. The van der Waals surface area contributed by atoms with Gasteiger partial charge in [0.15, 0.2) is 12.8 Å². The zero-order chi connectivity index (χ0) is 22.3. The first kappa shape index (κ1) is 22.1. The van der Waals surface area contributed by atoms with Crippen LogP contribution < -0.4 is 15.4 Å². The molecule has 0 atom stereocenters. The van der Waals surface area contributed by atoms with Gasteiger partial charge in [-0.1, -0.05) is 12.1 Å². The van der Waals surface area contributed by atoms with Gasteiger partial charge < -0.3 is 24.7 Å². The Bertz CT molecular complexity index is 1100. The van der Waals surface area contributed by atoms with Crippen molar-refractivity contribution in [1.29, 1.82) is 0 Å². The lowest BCUT2D eigenvalue weighted by atomic mass is 10.1. The molecule has 0 saturated heterocycles. The SMILES string of the molecule is CCNC(=NCCCn1c(C)nc2ccccc21)NCCc1cc(F)cc2c1OCOC2. The number of halogens is 1. The van der Waals surface area contributed by atoms with Gasteiger partial charge in [0.1, 0.15) is 17.4 Å². The second-order valence-electron chi connectivity index (χ2n) is 7.75. The molecule has 0 fully saturated rings. The van der Waals surface area contributed by atoms with Crippen LogP contribution in [0.3, 0.4) is 0 Å². The molecule has 3 aromatic rings. The fourth-order valence-corrected chi connectivity index (χ4v) is 4.00. The molecule has 8 heteroatoms. The first-order valence-electron chi connectivity index (χ1n) is 11.1. The van der Waals surface area contributed by atoms with Crippen LogP contribution in [-0.4, -0.2) is 41.9 Å². The number of guanidine groups is 1. The van der Waals surface area contributed by atoms with Crippen LogP contribution in [-0.2, 0) is 24.3 Å². The average molecular weight is 440 g/mol. The van der Waals surface area contributed by atoms with E-state index in [1.165, 1.54) is 12.1 Å². The molecule has 2 N–H and O–H groups in total. The smallest absolute Gasteiger partial charge is 0.191 e. The third-order valence-corrected chi connectivity index (χ3v) is 5.44. The summed E-state index contributed by atoms with van der Waals surface area (Å²) in [5.74, 6) is 2.25. The molecule has 0 amide bonds. The summed E-state index contributed by atoms with van der Waals surface area (Å²) < 4.78 is 27.0. The fraction of sp³-hybridized carbons (Fsp3) is 0.417. The first-order chi connectivity index (χ1) is 15.7. The van der Waals surface area contributed by atoms with Crippen molar-refractivity contribution in [1.82, 2.24) is 20.2 Å². The van der Waals surface area contributed by atoms with Crippen molar-refractivity contribution in [3.05, 3.63) is 59.2 Å². The van der Waals surface area contributed by atoms with Gasteiger partial charge in [0.25, 0.3) is 0 Å². The lowest BCUT2D eigenvalue weighted by Gasteiger charge is -2.21. The molecule has 1 aliphatic rings. The lowest BCUT2D eigenvalue weighted by Crippen LogP contribution is -2.38. The first-order valence-corrected chi connectivity index (χ1v) is 11.1. The Labute approximate surface area is 187 Å². The van der Waals surface area contributed by atoms with Crippen LogP contribution in [0, 0.1) is 12.7 Å². The van der Waals surface area contributed by atoms with E-state index in [-0.39, 0.29) is 12.6 Å². The number of hydrogen-bond acceptors (Lipinski definition) is 4. The molecule has 7 nitrogen and oxygen atoms in total. The number of benzene rings is 2. The zero-order valence-corrected chi connectivity index (χ0v) is 18.7. The van der Waals surface area contributed by atoms with E-state index in [4.69, 9.17) is 14.5 Å². The number of nitrogens with one attached hydrogen (secondary N) is 2. The summed E-state index contributed by atoms with van der Waals surface area (Å²) in [5, 5.41) is 6.61. The van der Waals surface area contributed by atoms with E-state index in [0.717, 1.165) is 59.2 Å². The second kappa shape index (κ2) is 10.5. The van der Waals surface area contributed by atoms with E-state index in [1.54, 1.807) is 0 Å². The highest BCUT2D eigenvalue weighted by Gasteiger charge is 2.16. The van der Waals surface area contributed by atoms with E-state index in [0.29, 0.717) is 26.1 Å². The minimum absolute atomic E-state index is 0.203. The van der Waals surface area contributed by atoms with Crippen molar-refractivity contribution in [2.45, 2.75) is 39.8 Å². The van der Waals surface area contributed by atoms with E-state index in [9.17, 15) is 4.39 Å². The number of imidazole rings is 1. The molecular formula is C24H30FN5O2. The molecule has 0 saturated carbocycles. The monoisotopic (exact) mass is 439 g/mol. The van der Waals surface area contributed by atoms with Crippen LogP contribution in [0.5, 0.6) is 5.75 Å². The Kier molecular flexibility index (Phi) is 7.21. The number of fused-ring (bicyclic) bond motifs is 2. The Morgan fingerprint density at radius 3 is 3.00 bits per heavy atom. The predicted octanol–water partition coefficient (Wildman–Crippen LogP) is 3.54. The van der Waals surface area contributed by atoms with E-state index in [1.807, 2.05) is 32.0 Å². The summed E-state index contributed by atoms with van der Waals surface area (Å²) >= 11 is 0. The number of hydrogen-bond donors (Lipinski definition) is 2. The van der Waals surface area contributed by atoms with Crippen LogP contribution >= 0.6 is 0 Å². The maximum absolute atomic E-state index is 13.9. The van der Waals surface area contributed by atoms with Gasteiger partial charge >= 0.3 is 0 Å². The largest absolute Gasteiger partial charge is 0.467 e. The minimum Gasteiger partial charge on any atom is -0.467 e. The highest BCUT2D eigenvalue weighted by atomic mass is 19.1. The van der Waals surface area contributed by atoms with Crippen LogP contribution in [0.2, 0.25) is 0 Å². The Morgan fingerprint density at radius 2 is 2.12 bits per heavy atom. The number of para-hydroxylation sites is 2. The quantitative estimate of drug-likeness (QED) is 0.319. The predicted molar refractivity (Wildman–Crippen MR) is 123 cm³/mol. The van der Waals surface area contributed by atoms with Crippen LogP contribution in [0.25, 0.3) is 11.0 Å². The number of rotatable bonds is 8. The summed E-state index contributed by atoms with van der Waals surface area (Å²) in [6.07, 6.45) is 1.54. The van der Waals surface area contributed by atoms with Crippen molar-refractivity contribution in [2.75, 3.05) is 26.4 Å². The third kappa shape index (κ3) is 5.19. The second-order valence-corrected chi connectivity index (χ2v) is 7.75. The molecule has 0 aliphatic carbocycles. The minimum atomic E-state index is -0.268. The number of aromatic nitrogens is 2. The molecule has 2 heterocycles. The van der Waals surface area contributed by atoms with Crippen molar-refractivity contribution in [3.8, 4) is 5.75 Å². The standard InChI is InChI=1S/C24H30FN5O2/c1-3-26-24(27-10-6-12-30-17(2)29-21-7-4-5-8-22(21)30)28-11-9-18-13-20(25)14-19-15-31-16-32-23(18)19/h4-5,7-8,13-14H,3,6,9-12,15-16H2,1-2H3,(H2,26,27,28). The molecular weight excluding hydrogens is 409 g/mol. The molecule has 32 heavy (non-hydrogen) atoms. The van der Waals surface area contributed by atoms with Gasteiger partial charge in [-0.2, -0.15) is 0 Å². The van der Waals surface area contributed by atoms with Crippen LogP contribution in [0.4, 0.5) is 4.39 Å². The summed E-state index contributed by atoms with van der Waals surface area (Å²) in [4.78, 5) is 9.31. The molecule has 0 radical (unpaired) electrons. The van der Waals surface area contributed by atoms with Crippen LogP contribution in [0.1, 0.15) is 30.3 Å². The Morgan fingerprint density at radius 1 is 1.25 bits per heavy atom. The molecule has 0 unspecified atom stereocenters. The van der Waals surface area contributed by atoms with Gasteiger partial charge in [-0.3, -0.25) is 4.99 Å². The highest BCUT2D eigenvalue weighted by Crippen LogP contribution is 2.29. The van der Waals surface area contributed by atoms with Gasteiger partial charge in [0, 0.05) is 31.7 Å². The fourth-order valence-electron chi connectivity index (χ4n) is 4.00. The van der Waals surface area contributed by atoms with Crippen LogP contribution in [0.15, 0.2) is 41.4 Å². The van der Waals surface area contributed by atoms with E-state index in [2.05, 4.69) is 26.3 Å². The number of ether oxygens (including phenoxy) is 2. The molecule has 0 bridgehead atoms. The van der Waals surface area contributed by atoms with Crippen molar-refractivity contribution < 1.29 is 13.9 Å². The van der Waals surface area contributed by atoms with Crippen molar-refractivity contribution in [2.24, 2.45) is 4.99 Å². The summed E-state index contributed by atoms with van der Waals surface area (Å²) in [6.45, 7) is 7.61. The third-order valence-electron chi connectivity index (χ3n) is 5.44. The van der Waals surface area contributed by atoms with Gasteiger partial charge in [0.2, 0.25) is 0 Å². The highest BCUT2D eigenvalue weighted by molar-refractivity contribution is 5.79. The maximum atomic E-state index is 13.9. The van der Waals surface area contributed by atoms with E-state index < -0.39 is 0 Å². The Hall–Kier alpha value is -3.13. The average Bonchev–Trinajstić information content (AvgIpc) is 3.11. The number of nitrogens with zero attached hydrogens (tertiary/aromatic N) is 3. The summed E-state index contributed by atoms with van der Waals surface area (Å²) in [5.41, 5.74) is 3.78. The van der Waals surface area contributed by atoms with E-state index >= 15 is 0 Å². The van der Waals surface area contributed by atoms with Crippen molar-refractivity contribution >= 4 is 17.0 Å². The topological polar surface area (TPSA) is 72.7 Å². The van der Waals surface area contributed by atoms with Gasteiger partial charge in [-0.15, -0.1) is 0 Å². The van der Waals surface area contributed by atoms with Gasteiger partial charge in [-0.05, 0) is 56.5 Å². The molecule has 2 aromatic carbocycles. The molecule has 4 rings (SSSR count). The zero-order valence-electron chi connectivity index (χ0n) is 18.7. The molecule has 1 aromatic heterocycles. The number of aliphatic imine (C=N–C) groups is 1. The lowest BCUT2D eigenvalue weighted by molar-refractivity contribution is -0.0172. The van der Waals surface area contributed by atoms with Gasteiger partial charge in [0.05, 0.1) is 17.6 Å². The van der Waals surface area contributed by atoms with Gasteiger partial charge in [-0.25, -0.2) is 9.37 Å². The van der Waals surface area contributed by atoms with Crippen molar-refractivity contribution in [3.63, 3.8) is 0 Å². The molecule has 170 valence electrons. The molecule has 1 aliphatic heterocycles. The normalized spacial score (nSPS) is 13.7. The maximum Gasteiger partial charge on any atom is 0.191 e. The number of aryl methyl sites for hydroxylation is 2. The Balaban J connectivity index is 1.32. The summed E-state index contributed by atoms with van der Waals surface area (Å²) in [7, 11) is 0.